The molecule has 10 heteroatoms. The zero-order valence-electron chi connectivity index (χ0n) is 7.26. The standard InChI is InChI=1S/C5H7F6O3P/c1-15(12,13)14-3(5(9,10)11)2-4(6,7)8/h3H,2H2,1H3,(H,12,13). The van der Waals surface area contributed by atoms with Gasteiger partial charge in [0.1, 0.15) is 0 Å². The van der Waals surface area contributed by atoms with Crippen molar-refractivity contribution in [3.63, 3.8) is 0 Å². The summed E-state index contributed by atoms with van der Waals surface area (Å²) < 4.78 is 84.6. The summed E-state index contributed by atoms with van der Waals surface area (Å²) in [6, 6.07) is 0. The summed E-state index contributed by atoms with van der Waals surface area (Å²) >= 11 is 0. The minimum absolute atomic E-state index is 0.377. The maximum Gasteiger partial charge on any atom is 0.415 e. The number of rotatable bonds is 3. The van der Waals surface area contributed by atoms with Crippen molar-refractivity contribution >= 4 is 7.60 Å². The summed E-state index contributed by atoms with van der Waals surface area (Å²) in [6.45, 7) is 0.377. The average molecular weight is 260 g/mol. The zero-order chi connectivity index (χ0) is 12.5. The Morgan fingerprint density at radius 2 is 1.67 bits per heavy atom. The van der Waals surface area contributed by atoms with Gasteiger partial charge in [-0.15, -0.1) is 0 Å². The fourth-order valence-electron chi connectivity index (χ4n) is 0.659. The minimum Gasteiger partial charge on any atom is -0.324 e. The molecule has 0 aromatic rings. The molecule has 2 unspecified atom stereocenters. The third-order valence-electron chi connectivity index (χ3n) is 1.10. The van der Waals surface area contributed by atoms with Crippen molar-refractivity contribution < 1.29 is 40.3 Å². The molecule has 0 aliphatic heterocycles. The lowest BCUT2D eigenvalue weighted by atomic mass is 10.2. The predicted octanol–water partition coefficient (Wildman–Crippen LogP) is 2.70. The first-order chi connectivity index (χ1) is 6.31. The van der Waals surface area contributed by atoms with Crippen LogP contribution in [0.15, 0.2) is 0 Å². The van der Waals surface area contributed by atoms with Crippen LogP contribution in [0, 0.1) is 0 Å². The number of alkyl halides is 6. The first-order valence-corrected chi connectivity index (χ1v) is 5.46. The Balaban J connectivity index is 4.70. The van der Waals surface area contributed by atoms with Gasteiger partial charge in [0, 0.05) is 6.66 Å². The molecule has 2 atom stereocenters. The Labute approximate surface area is 80.6 Å². The van der Waals surface area contributed by atoms with Crippen molar-refractivity contribution in [1.82, 2.24) is 0 Å². The molecule has 0 bridgehead atoms. The molecule has 0 aromatic heterocycles. The molecule has 0 aliphatic carbocycles. The van der Waals surface area contributed by atoms with Gasteiger partial charge in [-0.25, -0.2) is 0 Å². The Hall–Kier alpha value is -0.270. The first kappa shape index (κ1) is 14.7. The third-order valence-corrected chi connectivity index (χ3v) is 1.75. The van der Waals surface area contributed by atoms with Gasteiger partial charge >= 0.3 is 19.9 Å². The van der Waals surface area contributed by atoms with E-state index in [0.717, 1.165) is 0 Å². The fraction of sp³-hybridized carbons (Fsp3) is 1.00. The van der Waals surface area contributed by atoms with E-state index in [1.165, 1.54) is 0 Å². The predicted molar refractivity (Wildman–Crippen MR) is 37.3 cm³/mol. The fourth-order valence-corrected chi connectivity index (χ4v) is 1.33. The van der Waals surface area contributed by atoms with Crippen molar-refractivity contribution in [3.05, 3.63) is 0 Å². The van der Waals surface area contributed by atoms with Crippen molar-refractivity contribution in [2.24, 2.45) is 0 Å². The van der Waals surface area contributed by atoms with Gasteiger partial charge in [-0.05, 0) is 0 Å². The van der Waals surface area contributed by atoms with E-state index in [1.54, 1.807) is 0 Å². The highest BCUT2D eigenvalue weighted by Gasteiger charge is 2.49. The number of halogens is 6. The van der Waals surface area contributed by atoms with E-state index in [9.17, 15) is 30.9 Å². The van der Waals surface area contributed by atoms with E-state index in [4.69, 9.17) is 4.89 Å². The maximum atomic E-state index is 11.9. The summed E-state index contributed by atoms with van der Waals surface area (Å²) in [5.41, 5.74) is 0. The van der Waals surface area contributed by atoms with Crippen LogP contribution in [-0.2, 0) is 9.09 Å². The first-order valence-electron chi connectivity index (χ1n) is 3.43. The Kier molecular flexibility index (Phi) is 4.23. The average Bonchev–Trinajstić information content (AvgIpc) is 1.75. The van der Waals surface area contributed by atoms with Crippen molar-refractivity contribution in [2.45, 2.75) is 24.9 Å². The molecule has 0 rings (SSSR count). The normalized spacial score (nSPS) is 19.7. The SMILES string of the molecule is CP(=O)(O)OC(CC(F)(F)F)C(F)(F)F. The van der Waals surface area contributed by atoms with Crippen LogP contribution >= 0.6 is 7.60 Å². The van der Waals surface area contributed by atoms with Crippen LogP contribution in [0.3, 0.4) is 0 Å². The lowest BCUT2D eigenvalue weighted by molar-refractivity contribution is -0.235. The molecule has 0 fully saturated rings. The second-order valence-corrected chi connectivity index (χ2v) is 4.57. The van der Waals surface area contributed by atoms with Gasteiger partial charge in [0.2, 0.25) is 0 Å². The van der Waals surface area contributed by atoms with Gasteiger partial charge < -0.3 is 4.89 Å². The van der Waals surface area contributed by atoms with E-state index >= 15 is 0 Å². The number of hydrogen-bond donors (Lipinski definition) is 1. The van der Waals surface area contributed by atoms with Crippen molar-refractivity contribution in [1.29, 1.82) is 0 Å². The Morgan fingerprint density at radius 3 is 1.87 bits per heavy atom. The second-order valence-electron chi connectivity index (χ2n) is 2.76. The summed E-state index contributed by atoms with van der Waals surface area (Å²) in [4.78, 5) is 8.41. The molecule has 0 heterocycles. The van der Waals surface area contributed by atoms with E-state index in [-0.39, 0.29) is 0 Å². The summed E-state index contributed by atoms with van der Waals surface area (Å²) in [7, 11) is -4.62. The van der Waals surface area contributed by atoms with Crippen LogP contribution in [0.25, 0.3) is 0 Å². The van der Waals surface area contributed by atoms with Gasteiger partial charge in [0.15, 0.2) is 6.10 Å². The van der Waals surface area contributed by atoms with Gasteiger partial charge in [-0.1, -0.05) is 0 Å². The second kappa shape index (κ2) is 4.31. The molecule has 15 heavy (non-hydrogen) atoms. The number of hydrogen-bond acceptors (Lipinski definition) is 2. The van der Waals surface area contributed by atoms with E-state index < -0.39 is 32.5 Å². The monoisotopic (exact) mass is 260 g/mol. The molecule has 92 valence electrons. The molecule has 0 spiro atoms. The third kappa shape index (κ3) is 7.64. The molecule has 0 saturated carbocycles. The van der Waals surface area contributed by atoms with Crippen LogP contribution in [0.1, 0.15) is 6.42 Å². The largest absolute Gasteiger partial charge is 0.415 e. The molecular weight excluding hydrogens is 253 g/mol. The van der Waals surface area contributed by atoms with Gasteiger partial charge in [-0.2, -0.15) is 26.3 Å². The molecule has 0 aromatic carbocycles. The minimum atomic E-state index is -5.34. The van der Waals surface area contributed by atoms with Crippen LogP contribution < -0.4 is 0 Å². The summed E-state index contributed by atoms with van der Waals surface area (Å²) in [5, 5.41) is 0. The molecule has 1 N–H and O–H groups in total. The van der Waals surface area contributed by atoms with E-state index in [0.29, 0.717) is 6.66 Å². The van der Waals surface area contributed by atoms with Crippen molar-refractivity contribution in [2.75, 3.05) is 6.66 Å². The summed E-state index contributed by atoms with van der Waals surface area (Å²) in [6.07, 6.45) is -16.1. The highest BCUT2D eigenvalue weighted by Crippen LogP contribution is 2.45. The Morgan fingerprint density at radius 1 is 1.27 bits per heavy atom. The molecule has 3 nitrogen and oxygen atoms in total. The van der Waals surface area contributed by atoms with Crippen LogP contribution in [0.4, 0.5) is 26.3 Å². The highest BCUT2D eigenvalue weighted by molar-refractivity contribution is 7.51. The topological polar surface area (TPSA) is 46.5 Å². The molecule has 0 radical (unpaired) electrons. The lowest BCUT2D eigenvalue weighted by Gasteiger charge is -2.22. The van der Waals surface area contributed by atoms with Crippen LogP contribution in [0.5, 0.6) is 0 Å². The van der Waals surface area contributed by atoms with Crippen LogP contribution in [0.2, 0.25) is 0 Å². The highest BCUT2D eigenvalue weighted by atomic mass is 31.2. The summed E-state index contributed by atoms with van der Waals surface area (Å²) in [5.74, 6) is 0. The molecule has 0 aliphatic rings. The quantitative estimate of drug-likeness (QED) is 0.626. The zero-order valence-corrected chi connectivity index (χ0v) is 8.16. The van der Waals surface area contributed by atoms with E-state index in [2.05, 4.69) is 4.52 Å². The van der Waals surface area contributed by atoms with E-state index in [1.807, 2.05) is 0 Å². The lowest BCUT2D eigenvalue weighted by Crippen LogP contribution is -2.35. The van der Waals surface area contributed by atoms with Gasteiger partial charge in [-0.3, -0.25) is 9.09 Å². The molecule has 0 saturated heterocycles. The smallest absolute Gasteiger partial charge is 0.324 e. The molecule has 0 amide bonds. The van der Waals surface area contributed by atoms with Gasteiger partial charge in [0.25, 0.3) is 0 Å². The van der Waals surface area contributed by atoms with Crippen LogP contribution in [-0.4, -0.2) is 30.0 Å². The van der Waals surface area contributed by atoms with Crippen molar-refractivity contribution in [3.8, 4) is 0 Å². The Bertz CT molecular complexity index is 252. The molecular formula is C5H7F6O3P. The maximum absolute atomic E-state index is 11.9. The van der Waals surface area contributed by atoms with Gasteiger partial charge in [0.05, 0.1) is 6.42 Å².